The topological polar surface area (TPSA) is 118 Å². The molecule has 10 heteroatoms. The van der Waals surface area contributed by atoms with Gasteiger partial charge in [0.25, 0.3) is 0 Å². The van der Waals surface area contributed by atoms with Gasteiger partial charge in [-0.25, -0.2) is 14.8 Å². The Morgan fingerprint density at radius 2 is 1.95 bits per heavy atom. The highest BCUT2D eigenvalue weighted by Crippen LogP contribution is 2.35. The number of halogens is 1. The SMILES string of the molecule is CC1CCC(Cn2c(NCCNC(=O)OC(C)(C)C)nc3cc(C#N)nc(-c4cncc(Cl)c4)c32)CC1. The third-order valence-electron chi connectivity index (χ3n) is 6.47. The predicted octanol–water partition coefficient (Wildman–Crippen LogP) is 5.78. The van der Waals surface area contributed by atoms with Crippen molar-refractivity contribution in [3.05, 3.63) is 35.2 Å². The Balaban J connectivity index is 1.67. The summed E-state index contributed by atoms with van der Waals surface area (Å²) < 4.78 is 7.48. The van der Waals surface area contributed by atoms with E-state index in [1.807, 2.05) is 20.8 Å². The second-order valence-electron chi connectivity index (χ2n) is 10.8. The normalized spacial score (nSPS) is 17.8. The second-order valence-corrected chi connectivity index (χ2v) is 11.2. The Bertz CT molecular complexity index is 1300. The van der Waals surface area contributed by atoms with Crippen LogP contribution in [0, 0.1) is 23.2 Å². The fraction of sp³-hybridized carbons (Fsp3) is 0.519. The van der Waals surface area contributed by atoms with Crippen molar-refractivity contribution in [1.82, 2.24) is 24.8 Å². The van der Waals surface area contributed by atoms with Crippen LogP contribution in [-0.4, -0.2) is 44.3 Å². The Morgan fingerprint density at radius 1 is 1.19 bits per heavy atom. The lowest BCUT2D eigenvalue weighted by Crippen LogP contribution is -2.35. The number of carbonyl (C=O) groups is 1. The van der Waals surface area contributed by atoms with Gasteiger partial charge in [0.1, 0.15) is 17.4 Å². The Morgan fingerprint density at radius 3 is 2.62 bits per heavy atom. The molecule has 0 atom stereocenters. The van der Waals surface area contributed by atoms with Gasteiger partial charge in [0.15, 0.2) is 0 Å². The molecular weight excluding hydrogens is 490 g/mol. The monoisotopic (exact) mass is 523 g/mol. The first-order valence-electron chi connectivity index (χ1n) is 12.8. The summed E-state index contributed by atoms with van der Waals surface area (Å²) in [5.74, 6) is 1.93. The summed E-state index contributed by atoms with van der Waals surface area (Å²) in [5, 5.41) is 16.3. The van der Waals surface area contributed by atoms with E-state index in [9.17, 15) is 10.1 Å². The molecule has 196 valence electrons. The molecule has 4 rings (SSSR count). The number of nitriles is 1. The minimum absolute atomic E-state index is 0.275. The number of carbonyl (C=O) groups excluding carboxylic acids is 1. The van der Waals surface area contributed by atoms with E-state index in [-0.39, 0.29) is 5.69 Å². The Labute approximate surface area is 222 Å². The van der Waals surface area contributed by atoms with Gasteiger partial charge in [-0.3, -0.25) is 4.98 Å². The van der Waals surface area contributed by atoms with Crippen LogP contribution in [0.2, 0.25) is 5.02 Å². The molecule has 0 unspecified atom stereocenters. The van der Waals surface area contributed by atoms with Gasteiger partial charge in [-0.2, -0.15) is 5.26 Å². The molecule has 1 aliphatic carbocycles. The molecule has 0 radical (unpaired) electrons. The van der Waals surface area contributed by atoms with E-state index in [1.54, 1.807) is 24.5 Å². The van der Waals surface area contributed by atoms with Gasteiger partial charge in [-0.1, -0.05) is 31.4 Å². The van der Waals surface area contributed by atoms with Crippen LogP contribution in [-0.2, 0) is 11.3 Å². The summed E-state index contributed by atoms with van der Waals surface area (Å²) in [7, 11) is 0. The maximum atomic E-state index is 12.0. The van der Waals surface area contributed by atoms with Crippen molar-refractivity contribution in [3.63, 3.8) is 0 Å². The number of rotatable bonds is 7. The van der Waals surface area contributed by atoms with Crippen LogP contribution in [0.4, 0.5) is 10.7 Å². The van der Waals surface area contributed by atoms with Crippen molar-refractivity contribution in [3.8, 4) is 17.3 Å². The van der Waals surface area contributed by atoms with Gasteiger partial charge >= 0.3 is 6.09 Å². The van der Waals surface area contributed by atoms with Gasteiger partial charge in [-0.15, -0.1) is 0 Å². The molecule has 3 heterocycles. The number of amides is 1. The highest BCUT2D eigenvalue weighted by Gasteiger charge is 2.24. The molecule has 0 aromatic carbocycles. The fourth-order valence-corrected chi connectivity index (χ4v) is 4.87. The zero-order chi connectivity index (χ0) is 26.6. The van der Waals surface area contributed by atoms with E-state index in [4.69, 9.17) is 21.3 Å². The number of pyridine rings is 2. The third-order valence-corrected chi connectivity index (χ3v) is 6.68. The largest absolute Gasteiger partial charge is 0.444 e. The molecular formula is C27H34ClN7O2. The summed E-state index contributed by atoms with van der Waals surface area (Å²) in [5.41, 5.74) is 2.58. The Hall–Kier alpha value is -3.38. The predicted molar refractivity (Wildman–Crippen MR) is 144 cm³/mol. The van der Waals surface area contributed by atoms with Crippen molar-refractivity contribution in [2.75, 3.05) is 18.4 Å². The van der Waals surface area contributed by atoms with E-state index in [1.165, 1.54) is 12.8 Å². The van der Waals surface area contributed by atoms with Crippen LogP contribution < -0.4 is 10.6 Å². The van der Waals surface area contributed by atoms with Crippen molar-refractivity contribution < 1.29 is 9.53 Å². The lowest BCUT2D eigenvalue weighted by molar-refractivity contribution is 0.0530. The number of ether oxygens (including phenoxy) is 1. The summed E-state index contributed by atoms with van der Waals surface area (Å²) in [6, 6.07) is 5.66. The molecule has 0 saturated heterocycles. The Kier molecular flexibility index (Phi) is 8.18. The average Bonchev–Trinajstić information content (AvgIpc) is 3.18. The smallest absolute Gasteiger partial charge is 0.407 e. The van der Waals surface area contributed by atoms with Crippen LogP contribution in [0.15, 0.2) is 24.5 Å². The van der Waals surface area contributed by atoms with E-state index in [2.05, 4.69) is 38.2 Å². The minimum Gasteiger partial charge on any atom is -0.444 e. The highest BCUT2D eigenvalue weighted by atomic mass is 35.5. The molecule has 0 aliphatic heterocycles. The van der Waals surface area contributed by atoms with Crippen molar-refractivity contribution >= 4 is 34.7 Å². The molecule has 1 fully saturated rings. The maximum absolute atomic E-state index is 12.0. The van der Waals surface area contributed by atoms with E-state index in [0.717, 1.165) is 36.4 Å². The number of nitrogens with one attached hydrogen (secondary N) is 2. The maximum Gasteiger partial charge on any atom is 0.407 e. The van der Waals surface area contributed by atoms with Crippen LogP contribution in [0.5, 0.6) is 0 Å². The number of nitrogens with zero attached hydrogens (tertiary/aromatic N) is 5. The molecule has 9 nitrogen and oxygen atoms in total. The van der Waals surface area contributed by atoms with E-state index in [0.29, 0.717) is 41.2 Å². The molecule has 1 aliphatic rings. The van der Waals surface area contributed by atoms with Gasteiger partial charge < -0.3 is 19.9 Å². The molecule has 2 N–H and O–H groups in total. The molecule has 3 aromatic rings. The van der Waals surface area contributed by atoms with Crippen molar-refractivity contribution in [1.29, 1.82) is 5.26 Å². The molecule has 3 aromatic heterocycles. The summed E-state index contributed by atoms with van der Waals surface area (Å²) in [4.78, 5) is 25.8. The van der Waals surface area contributed by atoms with E-state index < -0.39 is 11.7 Å². The number of hydrogen-bond acceptors (Lipinski definition) is 7. The van der Waals surface area contributed by atoms with E-state index >= 15 is 0 Å². The van der Waals surface area contributed by atoms with Crippen molar-refractivity contribution in [2.45, 2.75) is 65.5 Å². The molecule has 0 spiro atoms. The highest BCUT2D eigenvalue weighted by molar-refractivity contribution is 6.30. The first kappa shape index (κ1) is 26.7. The van der Waals surface area contributed by atoms with Crippen LogP contribution in [0.3, 0.4) is 0 Å². The lowest BCUT2D eigenvalue weighted by atomic mass is 9.83. The number of anilines is 1. The van der Waals surface area contributed by atoms with Gasteiger partial charge in [0.05, 0.1) is 21.7 Å². The summed E-state index contributed by atoms with van der Waals surface area (Å²) in [6.07, 6.45) is 7.53. The number of fused-ring (bicyclic) bond motifs is 1. The van der Waals surface area contributed by atoms with Crippen LogP contribution in [0.25, 0.3) is 22.3 Å². The number of alkyl carbamates (subject to hydrolysis) is 1. The first-order valence-corrected chi connectivity index (χ1v) is 13.1. The zero-order valence-electron chi connectivity index (χ0n) is 21.8. The molecule has 0 bridgehead atoms. The van der Waals surface area contributed by atoms with Gasteiger partial charge in [-0.05, 0) is 51.5 Å². The molecule has 37 heavy (non-hydrogen) atoms. The van der Waals surface area contributed by atoms with Crippen LogP contribution in [0.1, 0.15) is 59.1 Å². The first-order chi connectivity index (χ1) is 17.6. The van der Waals surface area contributed by atoms with Gasteiger partial charge in [0, 0.05) is 43.7 Å². The fourth-order valence-electron chi connectivity index (χ4n) is 4.69. The standard InChI is InChI=1S/C27H34ClN7O2/c1-17-5-7-18(8-6-17)16-35-24-22(34-25(35)31-9-10-32-26(36)37-27(2,3)4)12-21(13-29)33-23(24)19-11-20(28)15-30-14-19/h11-12,14-15,17-18H,5-10,16H2,1-4H3,(H,31,34)(H,32,36). The number of imidazole rings is 1. The number of hydrogen-bond donors (Lipinski definition) is 2. The van der Waals surface area contributed by atoms with Gasteiger partial charge in [0.2, 0.25) is 5.95 Å². The number of aromatic nitrogens is 4. The average molecular weight is 524 g/mol. The zero-order valence-corrected chi connectivity index (χ0v) is 22.6. The van der Waals surface area contributed by atoms with Crippen LogP contribution >= 0.6 is 11.6 Å². The summed E-state index contributed by atoms with van der Waals surface area (Å²) >= 11 is 6.25. The molecule has 1 amide bonds. The summed E-state index contributed by atoms with van der Waals surface area (Å²) in [6.45, 7) is 9.40. The second kappa shape index (κ2) is 11.3. The lowest BCUT2D eigenvalue weighted by Gasteiger charge is -2.27. The quantitative estimate of drug-likeness (QED) is 0.377. The molecule has 1 saturated carbocycles. The third kappa shape index (κ3) is 6.89. The minimum atomic E-state index is -0.556. The van der Waals surface area contributed by atoms with Crippen molar-refractivity contribution in [2.24, 2.45) is 11.8 Å².